The van der Waals surface area contributed by atoms with E-state index < -0.39 is 13.0 Å². The highest BCUT2D eigenvalue weighted by atomic mass is 19.3. The number of alkyl halides is 2. The summed E-state index contributed by atoms with van der Waals surface area (Å²) in [6.45, 7) is 3.08. The van der Waals surface area contributed by atoms with Gasteiger partial charge in [-0.2, -0.15) is 5.10 Å². The fourth-order valence-corrected chi connectivity index (χ4v) is 3.68. The number of amides is 1. The maximum atomic E-state index is 12.8. The summed E-state index contributed by atoms with van der Waals surface area (Å²) in [7, 11) is 2.99. The van der Waals surface area contributed by atoms with Crippen molar-refractivity contribution in [1.29, 1.82) is 0 Å². The van der Waals surface area contributed by atoms with Crippen LogP contribution in [0.15, 0.2) is 42.9 Å². The summed E-state index contributed by atoms with van der Waals surface area (Å²) >= 11 is 0. The molecule has 11 nitrogen and oxygen atoms in total. The van der Waals surface area contributed by atoms with Crippen LogP contribution in [0.4, 0.5) is 31.8 Å². The number of para-hydroxylation sites is 1. The van der Waals surface area contributed by atoms with Gasteiger partial charge in [-0.3, -0.25) is 4.79 Å². The molecule has 37 heavy (non-hydrogen) atoms. The van der Waals surface area contributed by atoms with E-state index in [2.05, 4.69) is 41.0 Å². The van der Waals surface area contributed by atoms with Gasteiger partial charge < -0.3 is 20.7 Å². The molecule has 4 aromatic rings. The van der Waals surface area contributed by atoms with Gasteiger partial charge in [-0.05, 0) is 26.0 Å². The molecule has 3 heterocycles. The third-order valence-corrected chi connectivity index (χ3v) is 5.19. The minimum absolute atomic E-state index is 0.222. The molecule has 4 rings (SSSR count). The van der Waals surface area contributed by atoms with E-state index in [1.165, 1.54) is 26.7 Å². The first-order chi connectivity index (χ1) is 17.8. The Bertz CT molecular complexity index is 1410. The number of anilines is 4. The second-order valence-corrected chi connectivity index (χ2v) is 7.95. The maximum absolute atomic E-state index is 12.8. The molecule has 3 N–H and O–H groups in total. The van der Waals surface area contributed by atoms with Crippen LogP contribution in [0.2, 0.25) is 0 Å². The predicted molar refractivity (Wildman–Crippen MR) is 134 cm³/mol. The number of hydrogen-bond acceptors (Lipinski definition) is 9. The molecule has 1 aromatic carbocycles. The van der Waals surface area contributed by atoms with Crippen molar-refractivity contribution in [2.45, 2.75) is 26.8 Å². The average Bonchev–Trinajstić information content (AvgIpc) is 3.30. The second kappa shape index (κ2) is 10.9. The SMILES string of the molecule is CNC(=O)c1cnc(Nc2cc(C)nc(C)n2)cc1Nc1cccc(-c2ncn(CC(F)F)n2)c1OC. The van der Waals surface area contributed by atoms with Crippen molar-refractivity contribution < 1.29 is 18.3 Å². The molecule has 0 aliphatic rings. The summed E-state index contributed by atoms with van der Waals surface area (Å²) in [5.74, 6) is 1.84. The van der Waals surface area contributed by atoms with E-state index in [0.717, 1.165) is 10.4 Å². The van der Waals surface area contributed by atoms with Gasteiger partial charge in [0.2, 0.25) is 0 Å². The summed E-state index contributed by atoms with van der Waals surface area (Å²) in [5.41, 5.74) is 2.50. The van der Waals surface area contributed by atoms with E-state index in [-0.39, 0.29) is 17.3 Å². The lowest BCUT2D eigenvalue weighted by atomic mass is 10.1. The summed E-state index contributed by atoms with van der Waals surface area (Å²) < 4.78 is 32.2. The fourth-order valence-electron chi connectivity index (χ4n) is 3.68. The van der Waals surface area contributed by atoms with Crippen LogP contribution in [0.25, 0.3) is 11.4 Å². The van der Waals surface area contributed by atoms with Crippen molar-refractivity contribution in [3.63, 3.8) is 0 Å². The second-order valence-electron chi connectivity index (χ2n) is 7.95. The van der Waals surface area contributed by atoms with Crippen molar-refractivity contribution in [2.24, 2.45) is 0 Å². The number of aryl methyl sites for hydroxylation is 2. The molecule has 0 aliphatic carbocycles. The Labute approximate surface area is 211 Å². The molecule has 0 atom stereocenters. The number of carbonyl (C=O) groups is 1. The molecule has 0 saturated heterocycles. The average molecular weight is 510 g/mol. The number of methoxy groups -OCH3 is 1. The van der Waals surface area contributed by atoms with Crippen LogP contribution in [0.3, 0.4) is 0 Å². The Balaban J connectivity index is 1.71. The topological polar surface area (TPSA) is 132 Å². The molecule has 0 radical (unpaired) electrons. The van der Waals surface area contributed by atoms with Gasteiger partial charge in [0.05, 0.1) is 29.6 Å². The highest BCUT2D eigenvalue weighted by molar-refractivity contribution is 6.00. The third-order valence-electron chi connectivity index (χ3n) is 5.19. The van der Waals surface area contributed by atoms with Crippen molar-refractivity contribution in [1.82, 2.24) is 35.0 Å². The molecule has 0 spiro atoms. The lowest BCUT2D eigenvalue weighted by Crippen LogP contribution is -2.19. The first kappa shape index (κ1) is 25.4. The van der Waals surface area contributed by atoms with Crippen molar-refractivity contribution in [3.8, 4) is 17.1 Å². The molecule has 0 fully saturated rings. The number of halogens is 2. The first-order valence-corrected chi connectivity index (χ1v) is 11.2. The molecular weight excluding hydrogens is 484 g/mol. The van der Waals surface area contributed by atoms with E-state index in [9.17, 15) is 13.6 Å². The summed E-state index contributed by atoms with van der Waals surface area (Å²) in [6, 6.07) is 8.64. The summed E-state index contributed by atoms with van der Waals surface area (Å²) in [4.78, 5) is 29.7. The Kier molecular flexibility index (Phi) is 7.51. The van der Waals surface area contributed by atoms with Crippen molar-refractivity contribution in [2.75, 3.05) is 24.8 Å². The van der Waals surface area contributed by atoms with Crippen molar-refractivity contribution in [3.05, 3.63) is 59.9 Å². The van der Waals surface area contributed by atoms with Gasteiger partial charge in [0.25, 0.3) is 12.3 Å². The van der Waals surface area contributed by atoms with E-state index in [0.29, 0.717) is 40.1 Å². The van der Waals surface area contributed by atoms with Gasteiger partial charge >= 0.3 is 0 Å². The molecule has 0 bridgehead atoms. The van der Waals surface area contributed by atoms with E-state index in [1.807, 2.05) is 6.92 Å². The van der Waals surface area contributed by atoms with Gasteiger partial charge in [0, 0.05) is 31.1 Å². The highest BCUT2D eigenvalue weighted by Crippen LogP contribution is 2.37. The van der Waals surface area contributed by atoms with Crippen LogP contribution in [0, 0.1) is 13.8 Å². The molecule has 1 amide bonds. The minimum Gasteiger partial charge on any atom is -0.494 e. The van der Waals surface area contributed by atoms with E-state index >= 15 is 0 Å². The van der Waals surface area contributed by atoms with Crippen LogP contribution in [0.5, 0.6) is 5.75 Å². The number of carbonyl (C=O) groups excluding carboxylic acids is 1. The molecule has 0 saturated carbocycles. The Morgan fingerprint density at radius 3 is 2.59 bits per heavy atom. The zero-order valence-electron chi connectivity index (χ0n) is 20.6. The lowest BCUT2D eigenvalue weighted by molar-refractivity contribution is 0.0963. The molecule has 3 aromatic heterocycles. The lowest BCUT2D eigenvalue weighted by Gasteiger charge is -2.17. The zero-order chi connectivity index (χ0) is 26.5. The first-order valence-electron chi connectivity index (χ1n) is 11.2. The van der Waals surface area contributed by atoms with Crippen LogP contribution < -0.4 is 20.7 Å². The van der Waals surface area contributed by atoms with Crippen LogP contribution in [-0.2, 0) is 6.54 Å². The minimum atomic E-state index is -2.56. The Morgan fingerprint density at radius 1 is 1.08 bits per heavy atom. The summed E-state index contributed by atoms with van der Waals surface area (Å²) in [5, 5.41) is 13.1. The van der Waals surface area contributed by atoms with Gasteiger partial charge in [-0.25, -0.2) is 33.4 Å². The number of hydrogen-bond donors (Lipinski definition) is 3. The highest BCUT2D eigenvalue weighted by Gasteiger charge is 2.19. The van der Waals surface area contributed by atoms with Gasteiger partial charge in [-0.1, -0.05) is 6.07 Å². The van der Waals surface area contributed by atoms with Crippen LogP contribution >= 0.6 is 0 Å². The molecule has 0 aliphatic heterocycles. The Hall–Kier alpha value is -4.68. The number of nitrogens with zero attached hydrogens (tertiary/aromatic N) is 6. The van der Waals surface area contributed by atoms with Gasteiger partial charge in [-0.15, -0.1) is 0 Å². The number of rotatable bonds is 9. The largest absolute Gasteiger partial charge is 0.494 e. The van der Waals surface area contributed by atoms with Crippen molar-refractivity contribution >= 4 is 28.9 Å². The number of benzene rings is 1. The van der Waals surface area contributed by atoms with E-state index in [4.69, 9.17) is 4.74 Å². The summed E-state index contributed by atoms with van der Waals surface area (Å²) in [6.07, 6.45) is 0.119. The smallest absolute Gasteiger partial charge is 0.257 e. The molecule has 0 unspecified atom stereocenters. The molecular formula is C24H25F2N9O2. The third kappa shape index (κ3) is 5.94. The quantitative estimate of drug-likeness (QED) is 0.308. The standard InChI is InChI=1S/C24H25F2N9O2/c1-13-8-21(31-14(2)30-13)33-20-9-18(16(10-28-20)24(36)27-3)32-17-7-5-6-15(22(17)37-4)23-29-12-35(34-23)11-19(25)26/h5-10,12,19H,11H2,1-4H3,(H,27,36)(H2,28,30,31,32,33). The number of ether oxygens (including phenoxy) is 1. The van der Waals surface area contributed by atoms with Gasteiger partial charge in [0.15, 0.2) is 11.6 Å². The number of nitrogens with one attached hydrogen (secondary N) is 3. The predicted octanol–water partition coefficient (Wildman–Crippen LogP) is 3.87. The van der Waals surface area contributed by atoms with Crippen LogP contribution in [-0.4, -0.2) is 56.2 Å². The molecule has 13 heteroatoms. The fraction of sp³-hybridized carbons (Fsp3) is 0.250. The molecule has 192 valence electrons. The zero-order valence-corrected chi connectivity index (χ0v) is 20.6. The van der Waals surface area contributed by atoms with E-state index in [1.54, 1.807) is 37.3 Å². The normalized spacial score (nSPS) is 10.9. The number of pyridine rings is 1. The maximum Gasteiger partial charge on any atom is 0.257 e. The number of aromatic nitrogens is 6. The van der Waals surface area contributed by atoms with Gasteiger partial charge in [0.1, 0.15) is 30.3 Å². The Morgan fingerprint density at radius 2 is 1.89 bits per heavy atom. The monoisotopic (exact) mass is 509 g/mol. The van der Waals surface area contributed by atoms with Crippen LogP contribution in [0.1, 0.15) is 21.9 Å².